The third-order valence-electron chi connectivity index (χ3n) is 5.01. The second kappa shape index (κ2) is 8.54. The van der Waals surface area contributed by atoms with Gasteiger partial charge in [0, 0.05) is 31.1 Å². The smallest absolute Gasteiger partial charge is 0.251 e. The Kier molecular flexibility index (Phi) is 6.67. The number of hydrogen-bond donors (Lipinski definition) is 3. The summed E-state index contributed by atoms with van der Waals surface area (Å²) in [5, 5.41) is 9.09. The quantitative estimate of drug-likeness (QED) is 0.746. The van der Waals surface area contributed by atoms with E-state index < -0.39 is 0 Å². The van der Waals surface area contributed by atoms with Crippen molar-refractivity contribution in [3.05, 3.63) is 23.8 Å². The molecule has 7 heteroatoms. The minimum absolute atomic E-state index is 0. The summed E-state index contributed by atoms with van der Waals surface area (Å²) < 4.78 is 5.29. The van der Waals surface area contributed by atoms with Crippen molar-refractivity contribution in [2.45, 2.75) is 44.2 Å². The highest BCUT2D eigenvalue weighted by atomic mass is 35.5. The molecule has 2 fully saturated rings. The molecule has 0 aliphatic carbocycles. The first-order valence-corrected chi connectivity index (χ1v) is 8.55. The third kappa shape index (κ3) is 4.64. The van der Waals surface area contributed by atoms with Gasteiger partial charge >= 0.3 is 0 Å². The molecule has 2 aliphatic rings. The Labute approximate surface area is 154 Å². The van der Waals surface area contributed by atoms with Gasteiger partial charge in [-0.15, -0.1) is 12.4 Å². The lowest BCUT2D eigenvalue weighted by atomic mass is 9.89. The molecule has 138 valence electrons. The molecule has 0 radical (unpaired) electrons. The van der Waals surface area contributed by atoms with Crippen LogP contribution in [0.15, 0.2) is 18.2 Å². The molecule has 2 unspecified atom stereocenters. The lowest BCUT2D eigenvalue weighted by molar-refractivity contribution is -0.117. The summed E-state index contributed by atoms with van der Waals surface area (Å²) in [7, 11) is 3.13. The molecule has 0 spiro atoms. The van der Waals surface area contributed by atoms with Gasteiger partial charge in [-0.1, -0.05) is 0 Å². The van der Waals surface area contributed by atoms with Gasteiger partial charge < -0.3 is 20.7 Å². The molecule has 0 saturated carbocycles. The summed E-state index contributed by atoms with van der Waals surface area (Å²) in [5.41, 5.74) is 1.04. The van der Waals surface area contributed by atoms with E-state index in [0.717, 1.165) is 12.8 Å². The Morgan fingerprint density at radius 3 is 2.52 bits per heavy atom. The highest BCUT2D eigenvalue weighted by Gasteiger charge is 2.34. The molecular formula is C18H26ClN3O3. The van der Waals surface area contributed by atoms with Gasteiger partial charge in [0.05, 0.1) is 12.8 Å². The average molecular weight is 368 g/mol. The second-order valence-electron chi connectivity index (χ2n) is 6.72. The topological polar surface area (TPSA) is 79.5 Å². The number of hydrogen-bond acceptors (Lipinski definition) is 4. The van der Waals surface area contributed by atoms with E-state index in [4.69, 9.17) is 4.74 Å². The first kappa shape index (κ1) is 19.5. The molecule has 3 N–H and O–H groups in total. The van der Waals surface area contributed by atoms with Gasteiger partial charge in [0.25, 0.3) is 5.91 Å². The van der Waals surface area contributed by atoms with Crippen LogP contribution in [-0.2, 0) is 4.79 Å². The van der Waals surface area contributed by atoms with E-state index in [1.54, 1.807) is 32.4 Å². The van der Waals surface area contributed by atoms with Crippen molar-refractivity contribution in [1.29, 1.82) is 0 Å². The summed E-state index contributed by atoms with van der Waals surface area (Å²) in [4.78, 5) is 24.2. The first-order chi connectivity index (χ1) is 11.6. The highest BCUT2D eigenvalue weighted by molar-refractivity contribution is 5.98. The molecule has 2 saturated heterocycles. The zero-order valence-corrected chi connectivity index (χ0v) is 15.4. The predicted octanol–water partition coefficient (Wildman–Crippen LogP) is 2.34. The zero-order chi connectivity index (χ0) is 17.1. The lowest BCUT2D eigenvalue weighted by Gasteiger charge is -2.28. The van der Waals surface area contributed by atoms with Crippen molar-refractivity contribution in [1.82, 2.24) is 10.6 Å². The maximum atomic E-state index is 12.4. The number of benzene rings is 1. The first-order valence-electron chi connectivity index (χ1n) is 8.55. The SMILES string of the molecule is CNC(=O)c1ccc(OC)c(NC(=O)CC2CC3CCC(C2)N3)c1.Cl. The fourth-order valence-electron chi connectivity index (χ4n) is 3.90. The Morgan fingerprint density at radius 2 is 1.92 bits per heavy atom. The minimum atomic E-state index is -0.192. The molecule has 25 heavy (non-hydrogen) atoms. The van der Waals surface area contributed by atoms with Crippen molar-refractivity contribution < 1.29 is 14.3 Å². The van der Waals surface area contributed by atoms with Crippen LogP contribution in [0.1, 0.15) is 42.5 Å². The molecule has 6 nitrogen and oxygen atoms in total. The summed E-state index contributed by atoms with van der Waals surface area (Å²) >= 11 is 0. The fraction of sp³-hybridized carbons (Fsp3) is 0.556. The number of ether oxygens (including phenoxy) is 1. The Morgan fingerprint density at radius 1 is 1.24 bits per heavy atom. The van der Waals surface area contributed by atoms with Crippen LogP contribution >= 0.6 is 12.4 Å². The summed E-state index contributed by atoms with van der Waals surface area (Å²) in [6.07, 6.45) is 5.11. The minimum Gasteiger partial charge on any atom is -0.495 e. The zero-order valence-electron chi connectivity index (χ0n) is 14.6. The van der Waals surface area contributed by atoms with E-state index in [9.17, 15) is 9.59 Å². The number of rotatable bonds is 5. The van der Waals surface area contributed by atoms with E-state index in [1.165, 1.54) is 12.8 Å². The van der Waals surface area contributed by atoms with Gasteiger partial charge in [0.1, 0.15) is 5.75 Å². The number of fused-ring (bicyclic) bond motifs is 2. The molecule has 2 heterocycles. The van der Waals surface area contributed by atoms with Crippen LogP contribution < -0.4 is 20.7 Å². The highest BCUT2D eigenvalue weighted by Crippen LogP contribution is 2.33. The largest absolute Gasteiger partial charge is 0.495 e. The number of methoxy groups -OCH3 is 1. The molecule has 1 aromatic rings. The molecule has 0 aromatic heterocycles. The number of nitrogens with one attached hydrogen (secondary N) is 3. The maximum Gasteiger partial charge on any atom is 0.251 e. The van der Waals surface area contributed by atoms with Gasteiger partial charge in [-0.3, -0.25) is 9.59 Å². The Balaban J connectivity index is 0.00000225. The summed E-state index contributed by atoms with van der Waals surface area (Å²) in [6.45, 7) is 0. The molecule has 3 rings (SSSR count). The van der Waals surface area contributed by atoms with Crippen LogP contribution in [0.4, 0.5) is 5.69 Å². The molecular weight excluding hydrogens is 342 g/mol. The predicted molar refractivity (Wildman–Crippen MR) is 99.5 cm³/mol. The standard InChI is InChI=1S/C18H25N3O3.ClH/c1-19-18(23)12-3-6-16(24-2)15(10-12)21-17(22)9-11-7-13-4-5-14(8-11)20-13;/h3,6,10-11,13-14,20H,4-5,7-9H2,1-2H3,(H,19,23)(H,21,22);1H. The molecule has 2 aliphatic heterocycles. The van der Waals surface area contributed by atoms with Crippen molar-refractivity contribution in [3.8, 4) is 5.75 Å². The third-order valence-corrected chi connectivity index (χ3v) is 5.01. The van der Waals surface area contributed by atoms with Crippen LogP contribution in [0, 0.1) is 5.92 Å². The van der Waals surface area contributed by atoms with Crippen LogP contribution in [0.2, 0.25) is 0 Å². The van der Waals surface area contributed by atoms with Crippen molar-refractivity contribution in [2.24, 2.45) is 5.92 Å². The normalized spacial score (nSPS) is 24.2. The number of piperidine rings is 1. The Bertz CT molecular complexity index is 626. The van der Waals surface area contributed by atoms with Crippen LogP contribution in [-0.4, -0.2) is 38.1 Å². The van der Waals surface area contributed by atoms with Crippen LogP contribution in [0.5, 0.6) is 5.75 Å². The fourth-order valence-corrected chi connectivity index (χ4v) is 3.90. The number of carbonyl (C=O) groups is 2. The van der Waals surface area contributed by atoms with Crippen molar-refractivity contribution in [3.63, 3.8) is 0 Å². The van der Waals surface area contributed by atoms with E-state index in [-0.39, 0.29) is 24.2 Å². The van der Waals surface area contributed by atoms with Gasteiger partial charge in [-0.25, -0.2) is 0 Å². The van der Waals surface area contributed by atoms with E-state index >= 15 is 0 Å². The monoisotopic (exact) mass is 367 g/mol. The second-order valence-corrected chi connectivity index (χ2v) is 6.72. The van der Waals surface area contributed by atoms with Gasteiger partial charge in [-0.05, 0) is 49.8 Å². The average Bonchev–Trinajstić information content (AvgIpc) is 2.92. The van der Waals surface area contributed by atoms with Crippen LogP contribution in [0.25, 0.3) is 0 Å². The van der Waals surface area contributed by atoms with E-state index in [2.05, 4.69) is 16.0 Å². The number of anilines is 1. The van der Waals surface area contributed by atoms with Gasteiger partial charge in [0.2, 0.25) is 5.91 Å². The van der Waals surface area contributed by atoms with Crippen LogP contribution in [0.3, 0.4) is 0 Å². The summed E-state index contributed by atoms with van der Waals surface area (Å²) in [6, 6.07) is 6.19. The maximum absolute atomic E-state index is 12.4. The Hall–Kier alpha value is -1.79. The summed E-state index contributed by atoms with van der Waals surface area (Å²) in [5.74, 6) is 0.773. The molecule has 2 atom stereocenters. The van der Waals surface area contributed by atoms with Crippen molar-refractivity contribution in [2.75, 3.05) is 19.5 Å². The number of carbonyl (C=O) groups excluding carboxylic acids is 2. The molecule has 2 bridgehead atoms. The van der Waals surface area contributed by atoms with Gasteiger partial charge in [-0.2, -0.15) is 0 Å². The van der Waals surface area contributed by atoms with Gasteiger partial charge in [0.15, 0.2) is 0 Å². The lowest BCUT2D eigenvalue weighted by Crippen LogP contribution is -2.39. The molecule has 1 aromatic carbocycles. The van der Waals surface area contributed by atoms with Crippen molar-refractivity contribution >= 4 is 29.9 Å². The van der Waals surface area contributed by atoms with E-state index in [0.29, 0.717) is 41.4 Å². The number of halogens is 1. The number of amides is 2. The van der Waals surface area contributed by atoms with E-state index in [1.807, 2.05) is 0 Å². The molecule has 2 amide bonds.